The van der Waals surface area contributed by atoms with E-state index in [1.165, 1.54) is 18.2 Å². The van der Waals surface area contributed by atoms with E-state index in [0.717, 1.165) is 12.8 Å². The van der Waals surface area contributed by atoms with Crippen LogP contribution in [-0.2, 0) is 0 Å². The van der Waals surface area contributed by atoms with E-state index in [-0.39, 0.29) is 28.9 Å². The normalized spacial score (nSPS) is 19.5. The molecule has 21 heavy (non-hydrogen) atoms. The van der Waals surface area contributed by atoms with Crippen molar-refractivity contribution >= 4 is 17.3 Å². The van der Waals surface area contributed by atoms with E-state index in [0.29, 0.717) is 13.0 Å². The number of anilines is 1. The van der Waals surface area contributed by atoms with Crippen LogP contribution in [0.1, 0.15) is 36.5 Å². The highest BCUT2D eigenvalue weighted by Crippen LogP contribution is 2.27. The lowest BCUT2D eigenvalue weighted by Crippen LogP contribution is -2.37. The molecule has 7 heteroatoms. The Morgan fingerprint density at radius 2 is 2.33 bits per heavy atom. The molecule has 0 aromatic heterocycles. The highest BCUT2D eigenvalue weighted by atomic mass is 16.6. The van der Waals surface area contributed by atoms with Crippen molar-refractivity contribution < 1.29 is 14.8 Å². The molecule has 2 atom stereocenters. The Balaban J connectivity index is 2.23. The number of hydrogen-bond acceptors (Lipinski definition) is 5. The molecule has 0 aliphatic carbocycles. The smallest absolute Gasteiger partial charge is 0.292 e. The van der Waals surface area contributed by atoms with Crippen molar-refractivity contribution in [3.05, 3.63) is 33.9 Å². The van der Waals surface area contributed by atoms with Gasteiger partial charge in [-0.3, -0.25) is 14.9 Å². The van der Waals surface area contributed by atoms with Crippen LogP contribution in [0.3, 0.4) is 0 Å². The Morgan fingerprint density at radius 1 is 1.62 bits per heavy atom. The molecule has 1 amide bonds. The molecule has 0 radical (unpaired) electrons. The predicted octanol–water partition coefficient (Wildman–Crippen LogP) is 1.55. The molecule has 1 aromatic rings. The number of amides is 1. The fourth-order valence-corrected chi connectivity index (χ4v) is 2.74. The number of rotatable bonds is 4. The zero-order chi connectivity index (χ0) is 15.6. The van der Waals surface area contributed by atoms with Gasteiger partial charge in [-0.1, -0.05) is 0 Å². The maximum atomic E-state index is 12.5. The highest BCUT2D eigenvalue weighted by Gasteiger charge is 2.31. The average Bonchev–Trinajstić information content (AvgIpc) is 2.85. The number of nitrogens with two attached hydrogens (primary N) is 1. The van der Waals surface area contributed by atoms with Crippen LogP contribution in [0.5, 0.6) is 0 Å². The van der Waals surface area contributed by atoms with E-state index >= 15 is 0 Å². The Kier molecular flexibility index (Phi) is 4.42. The quantitative estimate of drug-likeness (QED) is 0.497. The molecule has 1 aliphatic heterocycles. The van der Waals surface area contributed by atoms with Gasteiger partial charge in [0.1, 0.15) is 5.69 Å². The van der Waals surface area contributed by atoms with Gasteiger partial charge in [0.2, 0.25) is 0 Å². The van der Waals surface area contributed by atoms with Crippen LogP contribution in [0.4, 0.5) is 11.4 Å². The molecule has 0 bridgehead atoms. The van der Waals surface area contributed by atoms with Gasteiger partial charge in [-0.05, 0) is 38.3 Å². The molecular weight excluding hydrogens is 274 g/mol. The molecule has 0 saturated carbocycles. The van der Waals surface area contributed by atoms with Crippen molar-refractivity contribution in [2.24, 2.45) is 0 Å². The summed E-state index contributed by atoms with van der Waals surface area (Å²) in [6.07, 6.45) is 1.75. The summed E-state index contributed by atoms with van der Waals surface area (Å²) in [6.45, 7) is 2.30. The van der Waals surface area contributed by atoms with Gasteiger partial charge < -0.3 is 15.7 Å². The van der Waals surface area contributed by atoms with Gasteiger partial charge >= 0.3 is 0 Å². The Bertz CT molecular complexity index is 559. The van der Waals surface area contributed by atoms with Crippen molar-refractivity contribution in [2.75, 3.05) is 12.3 Å². The molecule has 114 valence electrons. The Hall–Kier alpha value is -2.15. The molecule has 1 saturated heterocycles. The third kappa shape index (κ3) is 3.30. The monoisotopic (exact) mass is 293 g/mol. The van der Waals surface area contributed by atoms with Crippen LogP contribution >= 0.6 is 0 Å². The summed E-state index contributed by atoms with van der Waals surface area (Å²) in [5.74, 6) is -0.249. The van der Waals surface area contributed by atoms with E-state index in [4.69, 9.17) is 5.73 Å². The molecule has 1 heterocycles. The first kappa shape index (κ1) is 15.2. The number of nitrogen functional groups attached to an aromatic ring is 1. The number of aliphatic hydroxyl groups is 1. The molecule has 1 aliphatic rings. The summed E-state index contributed by atoms with van der Waals surface area (Å²) < 4.78 is 0. The molecule has 1 fully saturated rings. The van der Waals surface area contributed by atoms with Gasteiger partial charge in [-0.2, -0.15) is 0 Å². The lowest BCUT2D eigenvalue weighted by Gasteiger charge is -2.25. The third-order valence-corrected chi connectivity index (χ3v) is 3.73. The number of benzene rings is 1. The first-order valence-corrected chi connectivity index (χ1v) is 6.93. The van der Waals surface area contributed by atoms with Crippen LogP contribution in [-0.4, -0.2) is 39.5 Å². The topological polar surface area (TPSA) is 110 Å². The minimum atomic E-state index is -0.594. The van der Waals surface area contributed by atoms with Gasteiger partial charge in [-0.15, -0.1) is 0 Å². The van der Waals surface area contributed by atoms with Gasteiger partial charge in [0.05, 0.1) is 11.0 Å². The molecule has 7 nitrogen and oxygen atoms in total. The van der Waals surface area contributed by atoms with E-state index in [2.05, 4.69) is 0 Å². The minimum Gasteiger partial charge on any atom is -0.393 e. The minimum absolute atomic E-state index is 0.0193. The second-order valence-corrected chi connectivity index (χ2v) is 5.41. The summed E-state index contributed by atoms with van der Waals surface area (Å²) in [5.41, 5.74) is 5.58. The van der Waals surface area contributed by atoms with Crippen LogP contribution in [0.15, 0.2) is 18.2 Å². The van der Waals surface area contributed by atoms with Gasteiger partial charge in [-0.25, -0.2) is 0 Å². The van der Waals surface area contributed by atoms with E-state index in [1.807, 2.05) is 0 Å². The summed E-state index contributed by atoms with van der Waals surface area (Å²) in [4.78, 5) is 24.5. The number of hydrogen-bond donors (Lipinski definition) is 2. The molecule has 3 N–H and O–H groups in total. The lowest BCUT2D eigenvalue weighted by atomic mass is 10.1. The number of nitro benzene ring substituents is 1. The Labute approximate surface area is 122 Å². The van der Waals surface area contributed by atoms with Crippen molar-refractivity contribution in [2.45, 2.75) is 38.3 Å². The van der Waals surface area contributed by atoms with E-state index in [9.17, 15) is 20.0 Å². The molecule has 1 aromatic carbocycles. The van der Waals surface area contributed by atoms with Crippen LogP contribution in [0.25, 0.3) is 0 Å². The Morgan fingerprint density at radius 3 is 2.95 bits per heavy atom. The van der Waals surface area contributed by atoms with E-state index in [1.54, 1.807) is 11.8 Å². The lowest BCUT2D eigenvalue weighted by molar-refractivity contribution is -0.383. The largest absolute Gasteiger partial charge is 0.393 e. The second-order valence-electron chi connectivity index (χ2n) is 5.41. The van der Waals surface area contributed by atoms with Crippen LogP contribution in [0.2, 0.25) is 0 Å². The summed E-state index contributed by atoms with van der Waals surface area (Å²) in [5, 5.41) is 20.4. The number of nitrogens with zero attached hydrogens (tertiary/aromatic N) is 2. The molecular formula is C14H19N3O4. The first-order chi connectivity index (χ1) is 9.90. The number of carbonyl (C=O) groups is 1. The standard InChI is InChI=1S/C14H19N3O4/c1-9(18)7-11-3-2-6-16(11)14(19)10-4-5-12(15)13(8-10)17(20)21/h4-5,8-9,11,18H,2-3,6-7,15H2,1H3/t9-,11-/m0/s1. The number of likely N-dealkylation sites (tertiary alicyclic amines) is 1. The highest BCUT2D eigenvalue weighted by molar-refractivity contribution is 5.96. The van der Waals surface area contributed by atoms with Crippen LogP contribution in [0, 0.1) is 10.1 Å². The fourth-order valence-electron chi connectivity index (χ4n) is 2.74. The number of carbonyl (C=O) groups excluding carboxylic acids is 1. The SMILES string of the molecule is C[C@H](O)C[C@@H]1CCCN1C(=O)c1ccc(N)c([N+](=O)[O-])c1. The predicted molar refractivity (Wildman–Crippen MR) is 77.9 cm³/mol. The van der Waals surface area contributed by atoms with Gasteiger partial charge in [0, 0.05) is 24.2 Å². The van der Waals surface area contributed by atoms with Crippen molar-refractivity contribution in [1.82, 2.24) is 4.90 Å². The van der Waals surface area contributed by atoms with Crippen molar-refractivity contribution in [3.8, 4) is 0 Å². The summed E-state index contributed by atoms with van der Waals surface area (Å²) in [7, 11) is 0. The van der Waals surface area contributed by atoms with Gasteiger partial charge in [0.15, 0.2) is 0 Å². The zero-order valence-corrected chi connectivity index (χ0v) is 11.9. The molecule has 0 spiro atoms. The first-order valence-electron chi connectivity index (χ1n) is 6.93. The molecule has 0 unspecified atom stereocenters. The third-order valence-electron chi connectivity index (χ3n) is 3.73. The van der Waals surface area contributed by atoms with Crippen molar-refractivity contribution in [1.29, 1.82) is 0 Å². The number of aliphatic hydroxyl groups excluding tert-OH is 1. The maximum Gasteiger partial charge on any atom is 0.292 e. The van der Waals surface area contributed by atoms with E-state index < -0.39 is 11.0 Å². The van der Waals surface area contributed by atoms with Gasteiger partial charge in [0.25, 0.3) is 11.6 Å². The fraction of sp³-hybridized carbons (Fsp3) is 0.500. The zero-order valence-electron chi connectivity index (χ0n) is 11.9. The van der Waals surface area contributed by atoms with Crippen LogP contribution < -0.4 is 5.73 Å². The van der Waals surface area contributed by atoms with Crippen molar-refractivity contribution in [3.63, 3.8) is 0 Å². The second kappa shape index (κ2) is 6.09. The number of nitro groups is 1. The molecule has 2 rings (SSSR count). The summed E-state index contributed by atoms with van der Waals surface area (Å²) >= 11 is 0. The average molecular weight is 293 g/mol. The maximum absolute atomic E-state index is 12.5. The summed E-state index contributed by atoms with van der Waals surface area (Å²) in [6, 6.07) is 4.08.